The van der Waals surface area contributed by atoms with Crippen LogP contribution in [0.15, 0.2) is 24.3 Å². The normalized spacial score (nSPS) is 20.6. The number of alkyl halides is 4. The minimum atomic E-state index is -4.48. The summed E-state index contributed by atoms with van der Waals surface area (Å²) in [6.45, 7) is 2.23. The highest BCUT2D eigenvalue weighted by atomic mass is 19.3. The fraction of sp³-hybridized carbons (Fsp3) is 0.500. The largest absolute Gasteiger partial charge is 0.461 e. The molecule has 0 radical (unpaired) electrons. The van der Waals surface area contributed by atoms with Crippen molar-refractivity contribution in [3.05, 3.63) is 29.8 Å². The highest BCUT2D eigenvalue weighted by molar-refractivity contribution is 5.31. The first kappa shape index (κ1) is 14.1. The lowest BCUT2D eigenvalue weighted by Gasteiger charge is -2.25. The molecule has 1 aliphatic rings. The molecule has 1 aromatic rings. The Morgan fingerprint density at radius 2 is 2.05 bits per heavy atom. The minimum absolute atomic E-state index is 0.0440. The molecule has 106 valence electrons. The van der Waals surface area contributed by atoms with Crippen LogP contribution in [-0.4, -0.2) is 32.2 Å². The van der Waals surface area contributed by atoms with Crippen molar-refractivity contribution in [1.29, 1.82) is 0 Å². The average molecular weight is 278 g/mol. The van der Waals surface area contributed by atoms with Gasteiger partial charge < -0.3 is 15.4 Å². The smallest absolute Gasteiger partial charge is 0.428 e. The molecule has 1 fully saturated rings. The monoisotopic (exact) mass is 278 g/mol. The molecule has 0 aliphatic carbocycles. The van der Waals surface area contributed by atoms with Gasteiger partial charge in [-0.05, 0) is 17.7 Å². The van der Waals surface area contributed by atoms with E-state index in [1.54, 1.807) is 6.07 Å². The standard InChI is InChI=1S/C12H14F4N2O/c13-11(14)12(15,16)19-9-3-1-2-8(6-9)10-7-17-4-5-18-10/h1-3,6,10-11,17-18H,4-5,7H2/t10-/m0/s1. The third-order valence-corrected chi connectivity index (χ3v) is 2.81. The molecule has 0 spiro atoms. The van der Waals surface area contributed by atoms with E-state index in [0.717, 1.165) is 18.7 Å². The van der Waals surface area contributed by atoms with E-state index in [4.69, 9.17) is 0 Å². The van der Waals surface area contributed by atoms with Gasteiger partial charge in [0, 0.05) is 25.7 Å². The predicted octanol–water partition coefficient (Wildman–Crippen LogP) is 2.16. The number of piperazine rings is 1. The summed E-state index contributed by atoms with van der Waals surface area (Å²) in [4.78, 5) is 0. The van der Waals surface area contributed by atoms with Crippen LogP contribution in [0, 0.1) is 0 Å². The maximum atomic E-state index is 12.8. The van der Waals surface area contributed by atoms with Crippen LogP contribution >= 0.6 is 0 Å². The van der Waals surface area contributed by atoms with Crippen molar-refractivity contribution in [2.24, 2.45) is 0 Å². The molecule has 0 saturated carbocycles. The number of hydrogen-bond donors (Lipinski definition) is 2. The van der Waals surface area contributed by atoms with Gasteiger partial charge in [0.15, 0.2) is 0 Å². The summed E-state index contributed by atoms with van der Waals surface area (Å²) in [7, 11) is 0. The second-order valence-corrected chi connectivity index (χ2v) is 4.25. The SMILES string of the molecule is FC(F)C(F)(F)Oc1cccc([C@@H]2CNCCN2)c1. The quantitative estimate of drug-likeness (QED) is 0.828. The number of nitrogens with one attached hydrogen (secondary N) is 2. The van der Waals surface area contributed by atoms with Gasteiger partial charge in [0.25, 0.3) is 0 Å². The minimum Gasteiger partial charge on any atom is -0.428 e. The second kappa shape index (κ2) is 5.75. The van der Waals surface area contributed by atoms with E-state index in [1.165, 1.54) is 18.2 Å². The van der Waals surface area contributed by atoms with E-state index in [1.807, 2.05) is 0 Å². The van der Waals surface area contributed by atoms with Crippen molar-refractivity contribution in [2.45, 2.75) is 18.6 Å². The van der Waals surface area contributed by atoms with E-state index in [-0.39, 0.29) is 11.8 Å². The summed E-state index contributed by atoms with van der Waals surface area (Å²) >= 11 is 0. The van der Waals surface area contributed by atoms with Crippen molar-refractivity contribution in [3.63, 3.8) is 0 Å². The first-order chi connectivity index (χ1) is 8.99. The zero-order chi connectivity index (χ0) is 13.9. The molecule has 7 heteroatoms. The average Bonchev–Trinajstić information content (AvgIpc) is 2.39. The summed E-state index contributed by atoms with van der Waals surface area (Å²) in [5.74, 6) is -0.268. The third-order valence-electron chi connectivity index (χ3n) is 2.81. The molecule has 1 aliphatic heterocycles. The second-order valence-electron chi connectivity index (χ2n) is 4.25. The van der Waals surface area contributed by atoms with Crippen LogP contribution in [0.25, 0.3) is 0 Å². The van der Waals surface area contributed by atoms with Crippen LogP contribution in [0.3, 0.4) is 0 Å². The van der Waals surface area contributed by atoms with Gasteiger partial charge in [0.2, 0.25) is 0 Å². The lowest BCUT2D eigenvalue weighted by Crippen LogP contribution is -2.42. The van der Waals surface area contributed by atoms with Crippen LogP contribution in [0.5, 0.6) is 5.75 Å². The Morgan fingerprint density at radius 1 is 1.26 bits per heavy atom. The summed E-state index contributed by atoms with van der Waals surface area (Å²) < 4.78 is 53.8. The Bertz CT molecular complexity index is 422. The van der Waals surface area contributed by atoms with Crippen molar-refractivity contribution < 1.29 is 22.3 Å². The molecule has 0 bridgehead atoms. The summed E-state index contributed by atoms with van der Waals surface area (Å²) in [6.07, 6.45) is -8.33. The Balaban J connectivity index is 2.10. The van der Waals surface area contributed by atoms with Gasteiger partial charge in [-0.2, -0.15) is 17.6 Å². The van der Waals surface area contributed by atoms with Gasteiger partial charge >= 0.3 is 12.5 Å². The molecule has 2 N–H and O–H groups in total. The number of benzene rings is 1. The van der Waals surface area contributed by atoms with E-state index in [2.05, 4.69) is 15.4 Å². The molecule has 1 aromatic carbocycles. The van der Waals surface area contributed by atoms with Crippen LogP contribution in [0.2, 0.25) is 0 Å². The lowest BCUT2D eigenvalue weighted by molar-refractivity contribution is -0.253. The molecule has 0 unspecified atom stereocenters. The Hall–Kier alpha value is -1.34. The van der Waals surface area contributed by atoms with Gasteiger partial charge in [0.1, 0.15) is 5.75 Å². The molecule has 19 heavy (non-hydrogen) atoms. The van der Waals surface area contributed by atoms with Crippen molar-refractivity contribution >= 4 is 0 Å². The number of ether oxygens (including phenoxy) is 1. The van der Waals surface area contributed by atoms with Crippen LogP contribution < -0.4 is 15.4 Å². The number of hydrogen-bond acceptors (Lipinski definition) is 3. The van der Waals surface area contributed by atoms with Gasteiger partial charge in [-0.3, -0.25) is 0 Å². The zero-order valence-corrected chi connectivity index (χ0v) is 10.0. The Kier molecular flexibility index (Phi) is 4.26. The molecule has 0 amide bonds. The van der Waals surface area contributed by atoms with Gasteiger partial charge in [-0.25, -0.2) is 0 Å². The summed E-state index contributed by atoms with van der Waals surface area (Å²) in [5.41, 5.74) is 0.717. The summed E-state index contributed by atoms with van der Waals surface area (Å²) in [6, 6.07) is 5.77. The Labute approximate surface area is 107 Å². The maximum absolute atomic E-state index is 12.8. The fourth-order valence-electron chi connectivity index (χ4n) is 1.89. The molecule has 0 aromatic heterocycles. The van der Waals surface area contributed by atoms with Gasteiger partial charge in [-0.15, -0.1) is 0 Å². The Morgan fingerprint density at radius 3 is 2.68 bits per heavy atom. The highest BCUT2D eigenvalue weighted by Gasteiger charge is 2.44. The molecule has 2 rings (SSSR count). The van der Waals surface area contributed by atoms with E-state index < -0.39 is 12.5 Å². The molecule has 1 heterocycles. The van der Waals surface area contributed by atoms with Crippen LogP contribution in [-0.2, 0) is 0 Å². The molecular weight excluding hydrogens is 264 g/mol. The number of halogens is 4. The molecule has 3 nitrogen and oxygen atoms in total. The maximum Gasteiger partial charge on any atom is 0.461 e. The van der Waals surface area contributed by atoms with Crippen molar-refractivity contribution in [3.8, 4) is 5.75 Å². The van der Waals surface area contributed by atoms with E-state index >= 15 is 0 Å². The topological polar surface area (TPSA) is 33.3 Å². The highest BCUT2D eigenvalue weighted by Crippen LogP contribution is 2.29. The summed E-state index contributed by atoms with van der Waals surface area (Å²) in [5, 5.41) is 6.34. The van der Waals surface area contributed by atoms with Crippen molar-refractivity contribution in [1.82, 2.24) is 10.6 Å². The predicted molar refractivity (Wildman–Crippen MR) is 61.6 cm³/mol. The van der Waals surface area contributed by atoms with E-state index in [0.29, 0.717) is 6.54 Å². The lowest BCUT2D eigenvalue weighted by atomic mass is 10.1. The third kappa shape index (κ3) is 3.57. The van der Waals surface area contributed by atoms with Crippen LogP contribution in [0.1, 0.15) is 11.6 Å². The van der Waals surface area contributed by atoms with Gasteiger partial charge in [0.05, 0.1) is 0 Å². The fourth-order valence-corrected chi connectivity index (χ4v) is 1.89. The van der Waals surface area contributed by atoms with E-state index in [9.17, 15) is 17.6 Å². The first-order valence-corrected chi connectivity index (χ1v) is 5.88. The zero-order valence-electron chi connectivity index (χ0n) is 10.0. The van der Waals surface area contributed by atoms with Gasteiger partial charge in [-0.1, -0.05) is 12.1 Å². The molecule has 1 atom stereocenters. The first-order valence-electron chi connectivity index (χ1n) is 5.88. The molecule has 1 saturated heterocycles. The number of rotatable bonds is 4. The van der Waals surface area contributed by atoms with Crippen LogP contribution in [0.4, 0.5) is 17.6 Å². The van der Waals surface area contributed by atoms with Crippen molar-refractivity contribution in [2.75, 3.05) is 19.6 Å². The molecular formula is C12H14F4N2O.